The van der Waals surface area contributed by atoms with Crippen molar-refractivity contribution < 1.29 is 5.11 Å². The van der Waals surface area contributed by atoms with Gasteiger partial charge in [-0.3, -0.25) is 0 Å². The molecule has 0 radical (unpaired) electrons. The summed E-state index contributed by atoms with van der Waals surface area (Å²) in [7, 11) is 0. The molecule has 112 valence electrons. The summed E-state index contributed by atoms with van der Waals surface area (Å²) in [5, 5.41) is 12.3. The van der Waals surface area contributed by atoms with Gasteiger partial charge in [-0.15, -0.1) is 0 Å². The van der Waals surface area contributed by atoms with Crippen LogP contribution in [-0.4, -0.2) is 11.7 Å². The second kappa shape index (κ2) is 7.19. The molecule has 0 aromatic heterocycles. The van der Waals surface area contributed by atoms with Crippen LogP contribution in [0.4, 0.5) is 0 Å². The number of aliphatic hydroxyl groups excluding tert-OH is 1. The fourth-order valence-corrected chi connectivity index (χ4v) is 3.18. The first-order valence-electron chi connectivity index (χ1n) is 6.22. The summed E-state index contributed by atoms with van der Waals surface area (Å²) in [6, 6.07) is 10.1. The van der Waals surface area contributed by atoms with E-state index in [2.05, 4.69) is 0 Å². The van der Waals surface area contributed by atoms with Gasteiger partial charge in [0.15, 0.2) is 0 Å². The average molecular weight is 365 g/mol. The predicted octanol–water partition coefficient (Wildman–Crippen LogP) is 5.08. The lowest BCUT2D eigenvalue weighted by atomic mass is 9.89. The van der Waals surface area contributed by atoms with E-state index in [4.69, 9.17) is 52.1 Å². The van der Waals surface area contributed by atoms with Gasteiger partial charge >= 0.3 is 0 Å². The highest BCUT2D eigenvalue weighted by Gasteiger charge is 2.26. The number of nitrogens with two attached hydrogens (primary N) is 1. The third kappa shape index (κ3) is 3.65. The van der Waals surface area contributed by atoms with E-state index in [1.165, 1.54) is 0 Å². The minimum atomic E-state index is -0.887. The molecule has 2 aromatic rings. The number of hydrogen-bond acceptors (Lipinski definition) is 2. The molecule has 6 heteroatoms. The highest BCUT2D eigenvalue weighted by atomic mass is 35.5. The minimum Gasteiger partial charge on any atom is -0.388 e. The minimum absolute atomic E-state index is 0.185. The Labute approximate surface area is 143 Å². The molecule has 0 saturated carbocycles. The largest absolute Gasteiger partial charge is 0.388 e. The first-order chi connectivity index (χ1) is 9.95. The number of benzene rings is 2. The van der Waals surface area contributed by atoms with Gasteiger partial charge in [0.05, 0.1) is 16.1 Å². The van der Waals surface area contributed by atoms with E-state index in [9.17, 15) is 5.11 Å². The molecule has 0 heterocycles. The molecule has 0 amide bonds. The maximum absolute atomic E-state index is 10.6. The molecule has 3 N–H and O–H groups in total. The van der Waals surface area contributed by atoms with Gasteiger partial charge in [-0.2, -0.15) is 0 Å². The lowest BCUT2D eigenvalue weighted by molar-refractivity contribution is 0.147. The monoisotopic (exact) mass is 363 g/mol. The van der Waals surface area contributed by atoms with Crippen molar-refractivity contribution in [3.05, 3.63) is 67.6 Å². The topological polar surface area (TPSA) is 46.2 Å². The first-order valence-corrected chi connectivity index (χ1v) is 7.74. The molecule has 2 rings (SSSR count). The van der Waals surface area contributed by atoms with Crippen molar-refractivity contribution in [2.45, 2.75) is 12.0 Å². The molecule has 21 heavy (non-hydrogen) atoms. The molecule has 0 spiro atoms. The Morgan fingerprint density at radius 2 is 1.52 bits per heavy atom. The van der Waals surface area contributed by atoms with E-state index in [0.717, 1.165) is 0 Å². The van der Waals surface area contributed by atoms with Crippen LogP contribution in [0.25, 0.3) is 0 Å². The molecule has 2 unspecified atom stereocenters. The Morgan fingerprint density at radius 3 is 2.05 bits per heavy atom. The maximum atomic E-state index is 10.6. The molecule has 2 nitrogen and oxygen atoms in total. The maximum Gasteiger partial charge on any atom is 0.0872 e. The molecule has 0 aliphatic heterocycles. The predicted molar refractivity (Wildman–Crippen MR) is 89.7 cm³/mol. The lowest BCUT2D eigenvalue weighted by Crippen LogP contribution is -2.21. The van der Waals surface area contributed by atoms with Crippen LogP contribution in [0.1, 0.15) is 23.1 Å². The zero-order valence-electron chi connectivity index (χ0n) is 10.9. The number of halogens is 4. The van der Waals surface area contributed by atoms with E-state index in [1.807, 2.05) is 0 Å². The third-order valence-electron chi connectivity index (χ3n) is 3.29. The summed E-state index contributed by atoms with van der Waals surface area (Å²) in [5.41, 5.74) is 7.05. The number of hydrogen-bond donors (Lipinski definition) is 2. The highest BCUT2D eigenvalue weighted by Crippen LogP contribution is 2.39. The van der Waals surface area contributed by atoms with Crippen LogP contribution >= 0.6 is 46.4 Å². The van der Waals surface area contributed by atoms with Gasteiger partial charge in [-0.1, -0.05) is 58.5 Å². The van der Waals surface area contributed by atoms with Crippen molar-refractivity contribution in [1.29, 1.82) is 0 Å². The van der Waals surface area contributed by atoms with Crippen molar-refractivity contribution in [3.63, 3.8) is 0 Å². The van der Waals surface area contributed by atoms with Crippen molar-refractivity contribution in [2.24, 2.45) is 5.73 Å². The zero-order chi connectivity index (χ0) is 15.6. The van der Waals surface area contributed by atoms with Crippen LogP contribution in [0.3, 0.4) is 0 Å². The zero-order valence-corrected chi connectivity index (χ0v) is 13.9. The quantitative estimate of drug-likeness (QED) is 0.794. The third-order valence-corrected chi connectivity index (χ3v) is 4.69. The summed E-state index contributed by atoms with van der Waals surface area (Å²) in [6.07, 6.45) is -0.887. The standard InChI is InChI=1S/C15H13Cl4NO/c16-10-5-4-8(6-13(10)19)15(21)9(7-20)14-11(17)2-1-3-12(14)18/h1-6,9,15,21H,7,20H2. The summed E-state index contributed by atoms with van der Waals surface area (Å²) in [6.45, 7) is 0.185. The summed E-state index contributed by atoms with van der Waals surface area (Å²) in [5.74, 6) is -0.441. The smallest absolute Gasteiger partial charge is 0.0872 e. The molecule has 0 saturated heterocycles. The van der Waals surface area contributed by atoms with Crippen LogP contribution in [0.2, 0.25) is 20.1 Å². The van der Waals surface area contributed by atoms with E-state index >= 15 is 0 Å². The van der Waals surface area contributed by atoms with Gasteiger partial charge < -0.3 is 10.8 Å². The molecule has 0 aliphatic rings. The Kier molecular flexibility index (Phi) is 5.78. The molecular weight excluding hydrogens is 352 g/mol. The van der Waals surface area contributed by atoms with Gasteiger partial charge in [0.25, 0.3) is 0 Å². The van der Waals surface area contributed by atoms with Crippen molar-refractivity contribution in [2.75, 3.05) is 6.54 Å². The van der Waals surface area contributed by atoms with Gasteiger partial charge in [-0.25, -0.2) is 0 Å². The summed E-state index contributed by atoms with van der Waals surface area (Å²) >= 11 is 24.3. The van der Waals surface area contributed by atoms with Gasteiger partial charge in [0, 0.05) is 22.5 Å². The van der Waals surface area contributed by atoms with E-state index in [-0.39, 0.29) is 6.54 Å². The van der Waals surface area contributed by atoms with Gasteiger partial charge in [-0.05, 0) is 35.4 Å². The Bertz CT molecular complexity index is 627. The highest BCUT2D eigenvalue weighted by molar-refractivity contribution is 6.42. The van der Waals surface area contributed by atoms with Crippen LogP contribution in [0.15, 0.2) is 36.4 Å². The fourth-order valence-electron chi connectivity index (χ4n) is 2.20. The molecule has 0 fully saturated rings. The Hall–Kier alpha value is -0.480. The van der Waals surface area contributed by atoms with E-state index in [1.54, 1.807) is 36.4 Å². The van der Waals surface area contributed by atoms with Gasteiger partial charge in [0.1, 0.15) is 0 Å². The summed E-state index contributed by atoms with van der Waals surface area (Å²) in [4.78, 5) is 0. The second-order valence-corrected chi connectivity index (χ2v) is 6.22. The van der Waals surface area contributed by atoms with Crippen molar-refractivity contribution >= 4 is 46.4 Å². The SMILES string of the molecule is NCC(c1c(Cl)cccc1Cl)C(O)c1ccc(Cl)c(Cl)c1. The summed E-state index contributed by atoms with van der Waals surface area (Å²) < 4.78 is 0. The van der Waals surface area contributed by atoms with Crippen LogP contribution < -0.4 is 5.73 Å². The molecule has 2 aromatic carbocycles. The van der Waals surface area contributed by atoms with Crippen LogP contribution in [0.5, 0.6) is 0 Å². The number of aliphatic hydroxyl groups is 1. The Balaban J connectivity index is 2.43. The van der Waals surface area contributed by atoms with Crippen molar-refractivity contribution in [1.82, 2.24) is 0 Å². The van der Waals surface area contributed by atoms with Crippen molar-refractivity contribution in [3.8, 4) is 0 Å². The molecule has 0 aliphatic carbocycles. The Morgan fingerprint density at radius 1 is 0.905 bits per heavy atom. The fraction of sp³-hybridized carbons (Fsp3) is 0.200. The normalized spacial score (nSPS) is 14.0. The second-order valence-electron chi connectivity index (χ2n) is 4.60. The molecule has 0 bridgehead atoms. The van der Waals surface area contributed by atoms with E-state index < -0.39 is 12.0 Å². The van der Waals surface area contributed by atoms with Crippen LogP contribution in [0, 0.1) is 0 Å². The number of rotatable bonds is 4. The lowest BCUT2D eigenvalue weighted by Gasteiger charge is -2.24. The average Bonchev–Trinajstić information content (AvgIpc) is 2.45. The van der Waals surface area contributed by atoms with E-state index in [0.29, 0.717) is 31.2 Å². The first kappa shape index (κ1) is 16.9. The van der Waals surface area contributed by atoms with Gasteiger partial charge in [0.2, 0.25) is 0 Å². The molecule has 2 atom stereocenters. The molecular formula is C15H13Cl4NO. The van der Waals surface area contributed by atoms with Crippen LogP contribution in [-0.2, 0) is 0 Å².